The van der Waals surface area contributed by atoms with Crippen molar-refractivity contribution in [2.75, 3.05) is 5.32 Å². The van der Waals surface area contributed by atoms with Crippen LogP contribution in [0.5, 0.6) is 0 Å². The van der Waals surface area contributed by atoms with Crippen LogP contribution in [0.1, 0.15) is 5.56 Å². The fraction of sp³-hybridized carbons (Fsp3) is 0.0909. The lowest BCUT2D eigenvalue weighted by molar-refractivity contribution is 1.06. The van der Waals surface area contributed by atoms with Gasteiger partial charge in [0.05, 0.1) is 6.54 Å². The number of guanidine groups is 1. The number of rotatable bonds is 3. The SMILES string of the molecule is NC(=NCc1ccccc1)Nc1nccs1. The molecule has 1 heterocycles. The van der Waals surface area contributed by atoms with Gasteiger partial charge in [0, 0.05) is 11.6 Å². The van der Waals surface area contributed by atoms with E-state index in [1.54, 1.807) is 6.20 Å². The van der Waals surface area contributed by atoms with Gasteiger partial charge in [0.25, 0.3) is 0 Å². The maximum absolute atomic E-state index is 5.72. The molecule has 0 radical (unpaired) electrons. The van der Waals surface area contributed by atoms with Gasteiger partial charge in [0.15, 0.2) is 11.1 Å². The molecular weight excluding hydrogens is 220 g/mol. The zero-order valence-electron chi connectivity index (χ0n) is 8.63. The average molecular weight is 232 g/mol. The average Bonchev–Trinajstić information content (AvgIpc) is 2.81. The van der Waals surface area contributed by atoms with Gasteiger partial charge in [-0.15, -0.1) is 11.3 Å². The predicted molar refractivity (Wildman–Crippen MR) is 67.5 cm³/mol. The van der Waals surface area contributed by atoms with Gasteiger partial charge in [0.1, 0.15) is 0 Å². The third-order valence-corrected chi connectivity index (χ3v) is 2.63. The van der Waals surface area contributed by atoms with Crippen molar-refractivity contribution in [1.82, 2.24) is 4.98 Å². The number of nitrogens with zero attached hydrogens (tertiary/aromatic N) is 2. The van der Waals surface area contributed by atoms with Crippen LogP contribution in [0.25, 0.3) is 0 Å². The zero-order chi connectivity index (χ0) is 11.2. The largest absolute Gasteiger partial charge is 0.370 e. The van der Waals surface area contributed by atoms with Gasteiger partial charge >= 0.3 is 0 Å². The van der Waals surface area contributed by atoms with Gasteiger partial charge in [-0.2, -0.15) is 0 Å². The summed E-state index contributed by atoms with van der Waals surface area (Å²) in [6.07, 6.45) is 1.72. The summed E-state index contributed by atoms with van der Waals surface area (Å²) in [5.41, 5.74) is 6.85. The van der Waals surface area contributed by atoms with Crippen LogP contribution in [0.4, 0.5) is 5.13 Å². The highest BCUT2D eigenvalue weighted by Gasteiger charge is 1.96. The van der Waals surface area contributed by atoms with Crippen molar-refractivity contribution in [3.63, 3.8) is 0 Å². The minimum Gasteiger partial charge on any atom is -0.370 e. The molecule has 2 aromatic rings. The van der Waals surface area contributed by atoms with Crippen LogP contribution in [-0.2, 0) is 6.54 Å². The molecule has 82 valence electrons. The second kappa shape index (κ2) is 5.27. The molecule has 0 spiro atoms. The van der Waals surface area contributed by atoms with Crippen LogP contribution >= 0.6 is 11.3 Å². The molecule has 4 nitrogen and oxygen atoms in total. The Morgan fingerprint density at radius 3 is 2.88 bits per heavy atom. The molecule has 0 aliphatic heterocycles. The molecule has 0 saturated carbocycles. The van der Waals surface area contributed by atoms with E-state index in [1.165, 1.54) is 11.3 Å². The molecule has 3 N–H and O–H groups in total. The van der Waals surface area contributed by atoms with E-state index < -0.39 is 0 Å². The smallest absolute Gasteiger partial charge is 0.195 e. The normalized spacial score (nSPS) is 11.4. The first kappa shape index (κ1) is 10.6. The molecule has 16 heavy (non-hydrogen) atoms. The number of nitrogens with two attached hydrogens (primary N) is 1. The van der Waals surface area contributed by atoms with E-state index in [1.807, 2.05) is 35.7 Å². The Morgan fingerprint density at radius 1 is 1.38 bits per heavy atom. The van der Waals surface area contributed by atoms with Gasteiger partial charge in [-0.1, -0.05) is 30.3 Å². The first-order valence-electron chi connectivity index (χ1n) is 4.85. The summed E-state index contributed by atoms with van der Waals surface area (Å²) in [5.74, 6) is 0.388. The molecule has 1 aromatic carbocycles. The van der Waals surface area contributed by atoms with Gasteiger partial charge in [0.2, 0.25) is 0 Å². The van der Waals surface area contributed by atoms with Crippen LogP contribution in [-0.4, -0.2) is 10.9 Å². The maximum atomic E-state index is 5.72. The van der Waals surface area contributed by atoms with Crippen LogP contribution in [0.2, 0.25) is 0 Å². The minimum absolute atomic E-state index is 0.388. The third-order valence-electron chi connectivity index (χ3n) is 1.94. The van der Waals surface area contributed by atoms with Crippen LogP contribution in [0, 0.1) is 0 Å². The molecule has 0 aliphatic carbocycles. The number of benzene rings is 1. The monoisotopic (exact) mass is 232 g/mol. The summed E-state index contributed by atoms with van der Waals surface area (Å²) in [6.45, 7) is 0.574. The van der Waals surface area contributed by atoms with Gasteiger partial charge in [-0.25, -0.2) is 9.98 Å². The fourth-order valence-electron chi connectivity index (χ4n) is 1.19. The number of aliphatic imine (C=N–C) groups is 1. The van der Waals surface area contributed by atoms with Crippen LogP contribution in [0.3, 0.4) is 0 Å². The first-order valence-corrected chi connectivity index (χ1v) is 5.73. The number of aromatic nitrogens is 1. The quantitative estimate of drug-likeness (QED) is 0.629. The second-order valence-electron chi connectivity index (χ2n) is 3.15. The van der Waals surface area contributed by atoms with E-state index in [0.717, 1.165) is 10.7 Å². The van der Waals surface area contributed by atoms with E-state index in [2.05, 4.69) is 15.3 Å². The Balaban J connectivity index is 1.92. The van der Waals surface area contributed by atoms with Crippen LogP contribution in [0.15, 0.2) is 46.9 Å². The Bertz CT molecular complexity index is 450. The van der Waals surface area contributed by atoms with Gasteiger partial charge in [-0.3, -0.25) is 0 Å². The summed E-state index contributed by atoms with van der Waals surface area (Å²) in [6, 6.07) is 9.97. The third kappa shape index (κ3) is 3.06. The molecule has 0 saturated heterocycles. The van der Waals surface area contributed by atoms with E-state index in [0.29, 0.717) is 12.5 Å². The molecule has 0 unspecified atom stereocenters. The van der Waals surface area contributed by atoms with Gasteiger partial charge in [-0.05, 0) is 5.56 Å². The lowest BCUT2D eigenvalue weighted by Gasteiger charge is -2.01. The summed E-state index contributed by atoms with van der Waals surface area (Å²) >= 11 is 1.49. The molecule has 0 fully saturated rings. The van der Waals surface area contributed by atoms with Crippen molar-refractivity contribution in [3.8, 4) is 0 Å². The molecule has 2 rings (SSSR count). The number of nitrogens with one attached hydrogen (secondary N) is 1. The van der Waals surface area contributed by atoms with E-state index >= 15 is 0 Å². The topological polar surface area (TPSA) is 63.3 Å². The molecule has 5 heteroatoms. The highest BCUT2D eigenvalue weighted by molar-refractivity contribution is 7.13. The van der Waals surface area contributed by atoms with Crippen molar-refractivity contribution in [3.05, 3.63) is 47.5 Å². The molecule has 0 bridgehead atoms. The Labute approximate surface area is 97.9 Å². The van der Waals surface area contributed by atoms with Crippen molar-refractivity contribution in [1.29, 1.82) is 0 Å². The molecule has 0 aliphatic rings. The second-order valence-corrected chi connectivity index (χ2v) is 4.04. The van der Waals surface area contributed by atoms with Crippen molar-refractivity contribution < 1.29 is 0 Å². The van der Waals surface area contributed by atoms with Crippen molar-refractivity contribution >= 4 is 22.4 Å². The Kier molecular flexibility index (Phi) is 3.50. The zero-order valence-corrected chi connectivity index (χ0v) is 9.45. The lowest BCUT2D eigenvalue weighted by atomic mass is 10.2. The number of anilines is 1. The molecule has 0 atom stereocenters. The summed E-state index contributed by atoms with van der Waals surface area (Å²) in [5, 5.41) is 5.57. The molecular formula is C11H12N4S. The number of thiazole rings is 1. The minimum atomic E-state index is 0.388. The Morgan fingerprint density at radius 2 is 2.19 bits per heavy atom. The molecule has 1 aromatic heterocycles. The van der Waals surface area contributed by atoms with Gasteiger partial charge < -0.3 is 11.1 Å². The highest BCUT2D eigenvalue weighted by Crippen LogP contribution is 2.09. The summed E-state index contributed by atoms with van der Waals surface area (Å²) in [7, 11) is 0. The summed E-state index contributed by atoms with van der Waals surface area (Å²) < 4.78 is 0. The van der Waals surface area contributed by atoms with Crippen molar-refractivity contribution in [2.45, 2.75) is 6.54 Å². The first-order chi connectivity index (χ1) is 7.84. The van der Waals surface area contributed by atoms with E-state index in [-0.39, 0.29) is 0 Å². The lowest BCUT2D eigenvalue weighted by Crippen LogP contribution is -2.22. The standard InChI is InChI=1S/C11H12N4S/c12-10(15-11-13-6-7-16-11)14-8-9-4-2-1-3-5-9/h1-7H,8H2,(H3,12,13,14,15). The maximum Gasteiger partial charge on any atom is 0.195 e. The predicted octanol–water partition coefficient (Wildman–Crippen LogP) is 2.07. The number of hydrogen-bond acceptors (Lipinski definition) is 3. The number of hydrogen-bond donors (Lipinski definition) is 2. The van der Waals surface area contributed by atoms with Crippen LogP contribution < -0.4 is 11.1 Å². The Hall–Kier alpha value is -1.88. The van der Waals surface area contributed by atoms with Crippen molar-refractivity contribution in [2.24, 2.45) is 10.7 Å². The molecule has 0 amide bonds. The highest BCUT2D eigenvalue weighted by atomic mass is 32.1. The fourth-order valence-corrected chi connectivity index (χ4v) is 1.73. The van der Waals surface area contributed by atoms with E-state index in [4.69, 9.17) is 5.73 Å². The summed E-state index contributed by atoms with van der Waals surface area (Å²) in [4.78, 5) is 8.28. The van der Waals surface area contributed by atoms with E-state index in [9.17, 15) is 0 Å².